The lowest BCUT2D eigenvalue weighted by Gasteiger charge is -2.42. The van der Waals surface area contributed by atoms with E-state index in [1.54, 1.807) is 28.4 Å². The van der Waals surface area contributed by atoms with Crippen molar-refractivity contribution in [3.05, 3.63) is 147 Å². The molecule has 0 spiro atoms. The number of hydrogen-bond acceptors (Lipinski definition) is 7. The summed E-state index contributed by atoms with van der Waals surface area (Å²) in [5.74, 6) is -1.18. The highest BCUT2D eigenvalue weighted by atomic mass is 35.5. The van der Waals surface area contributed by atoms with Crippen LogP contribution in [0.1, 0.15) is 35.2 Å². The van der Waals surface area contributed by atoms with Gasteiger partial charge in [-0.2, -0.15) is 10.2 Å². The second-order valence-corrected chi connectivity index (χ2v) is 12.9. The molecule has 0 fully saturated rings. The molecule has 10 nitrogen and oxygen atoms in total. The topological polar surface area (TPSA) is 126 Å². The summed E-state index contributed by atoms with van der Waals surface area (Å²) >= 11 is 12.3. The van der Waals surface area contributed by atoms with Crippen molar-refractivity contribution >= 4 is 29.1 Å². The summed E-state index contributed by atoms with van der Waals surface area (Å²) in [6.07, 6.45) is 1.93. The molecule has 49 heavy (non-hydrogen) atoms. The van der Waals surface area contributed by atoms with Crippen LogP contribution in [0.4, 0.5) is 0 Å². The van der Waals surface area contributed by atoms with Crippen LogP contribution in [0.3, 0.4) is 0 Å². The number of carbonyl (C=O) groups excluding carboxylic acids is 1. The average molecular weight is 692 g/mol. The molecule has 1 amide bonds. The third-order valence-electron chi connectivity index (χ3n) is 8.86. The Hall–Kier alpha value is -5.71. The lowest BCUT2D eigenvalue weighted by atomic mass is 9.81. The molecule has 2 unspecified atom stereocenters. The molecule has 2 atom stereocenters. The van der Waals surface area contributed by atoms with Crippen molar-refractivity contribution in [3.63, 3.8) is 0 Å². The molecule has 12 heteroatoms. The second-order valence-electron chi connectivity index (χ2n) is 12.1. The number of ether oxygens (including phenoxy) is 1. The van der Waals surface area contributed by atoms with E-state index in [0.29, 0.717) is 39.0 Å². The van der Waals surface area contributed by atoms with Gasteiger partial charge in [-0.1, -0.05) is 71.7 Å². The first kappa shape index (κ1) is 30.6. The zero-order chi connectivity index (χ0) is 34.0. The van der Waals surface area contributed by atoms with E-state index in [1.165, 1.54) is 12.1 Å². The monoisotopic (exact) mass is 690 g/mol. The van der Waals surface area contributed by atoms with Gasteiger partial charge in [0.05, 0.1) is 39.8 Å². The van der Waals surface area contributed by atoms with Crippen molar-refractivity contribution in [3.8, 4) is 40.0 Å². The van der Waals surface area contributed by atoms with Crippen LogP contribution < -0.4 is 15.4 Å². The Morgan fingerprint density at radius 1 is 0.857 bits per heavy atom. The highest BCUT2D eigenvalue weighted by Crippen LogP contribution is 2.50. The first-order valence-corrected chi connectivity index (χ1v) is 16.2. The van der Waals surface area contributed by atoms with E-state index in [9.17, 15) is 15.0 Å². The number of benzene rings is 4. The van der Waals surface area contributed by atoms with Gasteiger partial charge < -0.3 is 25.6 Å². The fourth-order valence-electron chi connectivity index (χ4n) is 6.48. The van der Waals surface area contributed by atoms with Gasteiger partial charge in [-0.3, -0.25) is 4.79 Å². The highest BCUT2D eigenvalue weighted by molar-refractivity contribution is 6.33. The van der Waals surface area contributed by atoms with Gasteiger partial charge in [0.2, 0.25) is 11.8 Å². The second kappa shape index (κ2) is 11.5. The minimum absolute atomic E-state index is 0.185. The number of para-hydroxylation sites is 2. The van der Waals surface area contributed by atoms with Crippen LogP contribution in [-0.2, 0) is 10.5 Å². The molecule has 4 N–H and O–H groups in total. The van der Waals surface area contributed by atoms with E-state index in [4.69, 9.17) is 38.1 Å². The molecule has 2 aliphatic rings. The van der Waals surface area contributed by atoms with Crippen LogP contribution in [0.2, 0.25) is 10.0 Å². The quantitative estimate of drug-likeness (QED) is 0.152. The normalized spacial score (nSPS) is 18.3. The number of phenols is 2. The van der Waals surface area contributed by atoms with E-state index in [-0.39, 0.29) is 22.4 Å². The van der Waals surface area contributed by atoms with Crippen LogP contribution in [-0.4, -0.2) is 35.7 Å². The molecule has 4 heterocycles. The van der Waals surface area contributed by atoms with Gasteiger partial charge in [0.1, 0.15) is 22.2 Å². The number of aryl methyl sites for hydroxylation is 1. The predicted molar refractivity (Wildman–Crippen MR) is 185 cm³/mol. The third kappa shape index (κ3) is 5.08. The maximum Gasteiger partial charge on any atom is 0.255 e. The number of carbonyl (C=O) groups is 1. The van der Waals surface area contributed by atoms with Crippen molar-refractivity contribution in [2.75, 3.05) is 0 Å². The maximum atomic E-state index is 14.5. The zero-order valence-electron chi connectivity index (χ0n) is 26.1. The number of rotatable bonds is 5. The summed E-state index contributed by atoms with van der Waals surface area (Å²) < 4.78 is 10.1. The summed E-state index contributed by atoms with van der Waals surface area (Å²) in [6.45, 7) is 3.60. The summed E-state index contributed by atoms with van der Waals surface area (Å²) in [5.41, 5.74) is 4.50. The molecule has 4 aromatic carbocycles. The fourth-order valence-corrected chi connectivity index (χ4v) is 6.72. The Balaban J connectivity index is 1.38. The van der Waals surface area contributed by atoms with Gasteiger partial charge in [-0.15, -0.1) is 0 Å². The molecular formula is C37H28Cl2N6O4. The first-order valence-electron chi connectivity index (χ1n) is 15.4. The number of halogens is 2. The number of hydrogen-bond donors (Lipinski definition) is 4. The number of fused-ring (bicyclic) bond motifs is 1. The molecular weight excluding hydrogens is 663 g/mol. The molecule has 6 aromatic rings. The lowest BCUT2D eigenvalue weighted by molar-refractivity contribution is -0.121. The van der Waals surface area contributed by atoms with E-state index in [0.717, 1.165) is 22.5 Å². The Morgan fingerprint density at radius 2 is 1.49 bits per heavy atom. The van der Waals surface area contributed by atoms with Crippen molar-refractivity contribution in [1.29, 1.82) is 0 Å². The summed E-state index contributed by atoms with van der Waals surface area (Å²) in [6, 6.07) is 29.5. The molecule has 0 saturated heterocycles. The van der Waals surface area contributed by atoms with Crippen LogP contribution in [0.5, 0.6) is 17.4 Å². The van der Waals surface area contributed by atoms with Crippen LogP contribution in [0.15, 0.2) is 115 Å². The number of phenolic OH excluding ortho intramolecular Hbond substituents is 2. The van der Waals surface area contributed by atoms with E-state index >= 15 is 0 Å². The van der Waals surface area contributed by atoms with Crippen molar-refractivity contribution in [1.82, 2.24) is 30.2 Å². The minimum Gasteiger partial charge on any atom is -0.506 e. The Bertz CT molecular complexity index is 2280. The average Bonchev–Trinajstić information content (AvgIpc) is 3.69. The van der Waals surface area contributed by atoms with Crippen molar-refractivity contribution in [2.45, 2.75) is 25.4 Å². The van der Waals surface area contributed by atoms with E-state index < -0.39 is 17.5 Å². The first-order chi connectivity index (χ1) is 23.6. The van der Waals surface area contributed by atoms with Crippen LogP contribution >= 0.6 is 23.2 Å². The van der Waals surface area contributed by atoms with Crippen molar-refractivity contribution < 1.29 is 19.7 Å². The SMILES string of the molecule is Cc1nn(-c2ccccc2)c2c1C(c1cn(-c3ccccc3)nc1-c1ccc(Cl)cc1)C1=C(NC(C)(c3cc(O)c(Cl)c(O)c3)NC1=O)O2. The Labute approximate surface area is 290 Å². The van der Waals surface area contributed by atoms with Gasteiger partial charge >= 0.3 is 0 Å². The number of aromatic hydroxyl groups is 2. The van der Waals surface area contributed by atoms with Gasteiger partial charge in [0.25, 0.3) is 5.91 Å². The number of amides is 1. The predicted octanol–water partition coefficient (Wildman–Crippen LogP) is 7.08. The highest BCUT2D eigenvalue weighted by Gasteiger charge is 2.48. The molecule has 2 aromatic heterocycles. The van der Waals surface area contributed by atoms with E-state index in [2.05, 4.69) is 10.6 Å². The van der Waals surface area contributed by atoms with Crippen LogP contribution in [0.25, 0.3) is 22.6 Å². The molecule has 2 aliphatic heterocycles. The minimum atomic E-state index is -1.32. The molecule has 0 aliphatic carbocycles. The summed E-state index contributed by atoms with van der Waals surface area (Å²) in [4.78, 5) is 14.5. The van der Waals surface area contributed by atoms with Crippen molar-refractivity contribution in [2.24, 2.45) is 0 Å². The number of aromatic nitrogens is 4. The molecule has 0 bridgehead atoms. The largest absolute Gasteiger partial charge is 0.506 e. The van der Waals surface area contributed by atoms with E-state index in [1.807, 2.05) is 85.9 Å². The van der Waals surface area contributed by atoms with Gasteiger partial charge in [0.15, 0.2) is 0 Å². The third-order valence-corrected chi connectivity index (χ3v) is 9.50. The summed E-state index contributed by atoms with van der Waals surface area (Å²) in [5, 5.41) is 37.7. The summed E-state index contributed by atoms with van der Waals surface area (Å²) in [7, 11) is 0. The lowest BCUT2D eigenvalue weighted by Crippen LogP contribution is -2.59. The molecule has 8 rings (SSSR count). The maximum absolute atomic E-state index is 14.5. The zero-order valence-corrected chi connectivity index (χ0v) is 27.7. The fraction of sp³-hybridized carbons (Fsp3) is 0.108. The molecule has 0 radical (unpaired) electrons. The Morgan fingerprint density at radius 3 is 2.14 bits per heavy atom. The molecule has 0 saturated carbocycles. The van der Waals surface area contributed by atoms with Gasteiger partial charge in [-0.05, 0) is 62.4 Å². The van der Waals surface area contributed by atoms with Gasteiger partial charge in [0, 0.05) is 27.9 Å². The standard InChI is InChI=1S/C37H28Cl2N6O4/c1-20-29-30(26-19-44(24-9-5-3-6-10-24)43-33(26)21-13-15-23(38)16-14-21)31-34(48)40-37(2,22-17-27(46)32(39)28(47)18-22)41-35(31)49-36(29)45(42-20)25-11-7-4-8-12-25/h3-19,30,41,46-47H,1-2H3,(H,40,48). The smallest absolute Gasteiger partial charge is 0.255 e. The van der Waals surface area contributed by atoms with Crippen LogP contribution in [0, 0.1) is 6.92 Å². The Kier molecular flexibility index (Phi) is 7.16. The molecule has 244 valence electrons. The van der Waals surface area contributed by atoms with Gasteiger partial charge in [-0.25, -0.2) is 9.36 Å². The number of nitrogens with zero attached hydrogens (tertiary/aromatic N) is 4. The number of nitrogens with one attached hydrogen (secondary N) is 2.